The molecule has 1 N–H and O–H groups in total. The van der Waals surface area contributed by atoms with Gasteiger partial charge in [-0.05, 0) is 63.3 Å². The van der Waals surface area contributed by atoms with E-state index in [1.807, 2.05) is 6.92 Å². The van der Waals surface area contributed by atoms with Crippen molar-refractivity contribution in [2.75, 3.05) is 26.2 Å². The number of rotatable bonds is 5. The molecule has 2 unspecified atom stereocenters. The number of aryl methyl sites for hydroxylation is 2. The average molecular weight is 277 g/mol. The van der Waals surface area contributed by atoms with Gasteiger partial charge in [0.05, 0.1) is 6.10 Å². The minimum absolute atomic E-state index is 0.197. The quantitative estimate of drug-likeness (QED) is 0.898. The zero-order valence-corrected chi connectivity index (χ0v) is 12.9. The zero-order chi connectivity index (χ0) is 14.5. The molecule has 112 valence electrons. The van der Waals surface area contributed by atoms with E-state index in [2.05, 4.69) is 36.9 Å². The number of hydrogen-bond acceptors (Lipinski definition) is 3. The highest BCUT2D eigenvalue weighted by Gasteiger charge is 2.23. The van der Waals surface area contributed by atoms with Gasteiger partial charge in [-0.15, -0.1) is 0 Å². The molecule has 1 aliphatic rings. The first-order chi connectivity index (χ1) is 9.56. The highest BCUT2D eigenvalue weighted by molar-refractivity contribution is 5.35. The summed E-state index contributed by atoms with van der Waals surface area (Å²) in [5, 5.41) is 9.71. The van der Waals surface area contributed by atoms with Crippen molar-refractivity contribution >= 4 is 0 Å². The molecule has 3 heteroatoms. The predicted molar refractivity (Wildman–Crippen MR) is 82.3 cm³/mol. The van der Waals surface area contributed by atoms with Crippen molar-refractivity contribution in [2.24, 2.45) is 5.92 Å². The number of benzene rings is 1. The van der Waals surface area contributed by atoms with Crippen molar-refractivity contribution in [2.45, 2.75) is 39.7 Å². The van der Waals surface area contributed by atoms with Crippen molar-refractivity contribution < 1.29 is 9.84 Å². The van der Waals surface area contributed by atoms with Crippen LogP contribution in [0.3, 0.4) is 0 Å². The summed E-state index contributed by atoms with van der Waals surface area (Å²) in [6.07, 6.45) is 2.13. The SMILES string of the molecule is Cc1ccc(C)c(OCCN2CCCC(C(C)O)C2)c1. The lowest BCUT2D eigenvalue weighted by Gasteiger charge is -2.34. The molecule has 1 saturated heterocycles. The van der Waals surface area contributed by atoms with Crippen LogP contribution in [0.5, 0.6) is 5.75 Å². The molecule has 0 spiro atoms. The fourth-order valence-corrected chi connectivity index (χ4v) is 2.84. The second-order valence-corrected chi connectivity index (χ2v) is 6.06. The number of nitrogens with zero attached hydrogens (tertiary/aromatic N) is 1. The second kappa shape index (κ2) is 7.09. The minimum Gasteiger partial charge on any atom is -0.492 e. The Kier molecular flexibility index (Phi) is 5.44. The lowest BCUT2D eigenvalue weighted by molar-refractivity contribution is 0.0573. The number of piperidine rings is 1. The molecule has 20 heavy (non-hydrogen) atoms. The fraction of sp³-hybridized carbons (Fsp3) is 0.647. The lowest BCUT2D eigenvalue weighted by atomic mass is 9.93. The van der Waals surface area contributed by atoms with E-state index in [0.29, 0.717) is 5.92 Å². The molecule has 3 nitrogen and oxygen atoms in total. The number of hydrogen-bond donors (Lipinski definition) is 1. The van der Waals surface area contributed by atoms with Gasteiger partial charge in [0.25, 0.3) is 0 Å². The van der Waals surface area contributed by atoms with Crippen molar-refractivity contribution in [1.29, 1.82) is 0 Å². The first-order valence-electron chi connectivity index (χ1n) is 7.66. The number of likely N-dealkylation sites (tertiary alicyclic amines) is 1. The maximum absolute atomic E-state index is 9.71. The Hall–Kier alpha value is -1.06. The molecule has 0 aliphatic carbocycles. The normalized spacial score (nSPS) is 21.7. The minimum atomic E-state index is -0.197. The summed E-state index contributed by atoms with van der Waals surface area (Å²) in [7, 11) is 0. The monoisotopic (exact) mass is 277 g/mol. The standard InChI is InChI=1S/C17H27NO2/c1-13-6-7-14(2)17(11-13)20-10-9-18-8-4-5-16(12-18)15(3)19/h6-7,11,15-16,19H,4-5,8-10,12H2,1-3H3. The fourth-order valence-electron chi connectivity index (χ4n) is 2.84. The van der Waals surface area contributed by atoms with E-state index in [9.17, 15) is 5.11 Å². The first-order valence-corrected chi connectivity index (χ1v) is 7.66. The Balaban J connectivity index is 1.79. The molecular weight excluding hydrogens is 250 g/mol. The number of aliphatic hydroxyl groups is 1. The van der Waals surface area contributed by atoms with Gasteiger partial charge in [-0.25, -0.2) is 0 Å². The van der Waals surface area contributed by atoms with Crippen LogP contribution < -0.4 is 4.74 Å². The number of aliphatic hydroxyl groups excluding tert-OH is 1. The molecule has 2 rings (SSSR count). The molecule has 0 saturated carbocycles. The summed E-state index contributed by atoms with van der Waals surface area (Å²) in [5.74, 6) is 1.42. The first kappa shape index (κ1) is 15.3. The highest BCUT2D eigenvalue weighted by Crippen LogP contribution is 2.21. The van der Waals surface area contributed by atoms with E-state index >= 15 is 0 Å². The third-order valence-electron chi connectivity index (χ3n) is 4.23. The van der Waals surface area contributed by atoms with Crippen molar-refractivity contribution in [3.8, 4) is 5.75 Å². The van der Waals surface area contributed by atoms with Crippen LogP contribution in [0, 0.1) is 19.8 Å². The topological polar surface area (TPSA) is 32.7 Å². The smallest absolute Gasteiger partial charge is 0.122 e. The molecule has 1 aromatic rings. The zero-order valence-electron chi connectivity index (χ0n) is 12.9. The molecule has 1 aromatic carbocycles. The van der Waals surface area contributed by atoms with Gasteiger partial charge in [0, 0.05) is 13.1 Å². The van der Waals surface area contributed by atoms with Crippen molar-refractivity contribution in [3.63, 3.8) is 0 Å². The largest absolute Gasteiger partial charge is 0.492 e. The second-order valence-electron chi connectivity index (χ2n) is 6.06. The van der Waals surface area contributed by atoms with Crippen LogP contribution in [0.1, 0.15) is 30.9 Å². The summed E-state index contributed by atoms with van der Waals surface area (Å²) >= 11 is 0. The van der Waals surface area contributed by atoms with Crippen LogP contribution in [0.15, 0.2) is 18.2 Å². The van der Waals surface area contributed by atoms with E-state index in [-0.39, 0.29) is 6.10 Å². The molecular formula is C17H27NO2. The number of ether oxygens (including phenoxy) is 1. The Morgan fingerprint density at radius 2 is 2.20 bits per heavy atom. The average Bonchev–Trinajstić information content (AvgIpc) is 2.43. The van der Waals surface area contributed by atoms with Crippen LogP contribution in [0.25, 0.3) is 0 Å². The molecule has 0 bridgehead atoms. The van der Waals surface area contributed by atoms with Crippen LogP contribution in [-0.4, -0.2) is 42.4 Å². The van der Waals surface area contributed by atoms with E-state index in [1.54, 1.807) is 0 Å². The van der Waals surface area contributed by atoms with Crippen LogP contribution in [0.2, 0.25) is 0 Å². The third kappa shape index (κ3) is 4.22. The Morgan fingerprint density at radius 1 is 1.40 bits per heavy atom. The molecule has 2 atom stereocenters. The van der Waals surface area contributed by atoms with Gasteiger partial charge in [-0.3, -0.25) is 4.90 Å². The van der Waals surface area contributed by atoms with Crippen LogP contribution in [0.4, 0.5) is 0 Å². The predicted octanol–water partition coefficient (Wildman–Crippen LogP) is 2.78. The molecule has 0 aromatic heterocycles. The van der Waals surface area contributed by atoms with Gasteiger partial charge in [0.15, 0.2) is 0 Å². The van der Waals surface area contributed by atoms with Crippen molar-refractivity contribution in [1.82, 2.24) is 4.90 Å². The maximum Gasteiger partial charge on any atom is 0.122 e. The van der Waals surface area contributed by atoms with Gasteiger partial charge in [0.2, 0.25) is 0 Å². The Labute approximate surface area is 122 Å². The third-order valence-corrected chi connectivity index (χ3v) is 4.23. The van der Waals surface area contributed by atoms with Crippen LogP contribution in [-0.2, 0) is 0 Å². The molecule has 1 aliphatic heterocycles. The molecule has 1 fully saturated rings. The van der Waals surface area contributed by atoms with E-state index < -0.39 is 0 Å². The van der Waals surface area contributed by atoms with Gasteiger partial charge in [-0.2, -0.15) is 0 Å². The van der Waals surface area contributed by atoms with E-state index in [0.717, 1.165) is 38.4 Å². The van der Waals surface area contributed by atoms with Crippen molar-refractivity contribution in [3.05, 3.63) is 29.3 Å². The summed E-state index contributed by atoms with van der Waals surface area (Å²) in [6.45, 7) is 9.85. The summed E-state index contributed by atoms with van der Waals surface area (Å²) in [5.41, 5.74) is 2.42. The Morgan fingerprint density at radius 3 is 2.95 bits per heavy atom. The molecule has 0 radical (unpaired) electrons. The maximum atomic E-state index is 9.71. The molecule has 1 heterocycles. The molecule has 0 amide bonds. The summed E-state index contributed by atoms with van der Waals surface area (Å²) in [4.78, 5) is 2.41. The van der Waals surface area contributed by atoms with Gasteiger partial charge in [0.1, 0.15) is 12.4 Å². The van der Waals surface area contributed by atoms with E-state index in [1.165, 1.54) is 17.5 Å². The summed E-state index contributed by atoms with van der Waals surface area (Å²) < 4.78 is 5.91. The highest BCUT2D eigenvalue weighted by atomic mass is 16.5. The lowest BCUT2D eigenvalue weighted by Crippen LogP contribution is -2.41. The van der Waals surface area contributed by atoms with Gasteiger partial charge < -0.3 is 9.84 Å². The van der Waals surface area contributed by atoms with E-state index in [4.69, 9.17) is 4.74 Å². The van der Waals surface area contributed by atoms with Gasteiger partial charge in [-0.1, -0.05) is 12.1 Å². The van der Waals surface area contributed by atoms with Crippen LogP contribution >= 0.6 is 0 Å². The summed E-state index contributed by atoms with van der Waals surface area (Å²) in [6, 6.07) is 6.32. The van der Waals surface area contributed by atoms with Gasteiger partial charge >= 0.3 is 0 Å². The Bertz CT molecular complexity index is 431.